The van der Waals surface area contributed by atoms with Gasteiger partial charge >= 0.3 is 5.97 Å². The SMILES string of the molecule is CN1CCC(c2ccc(Nc3ncc4c(=O)c(C(=O)O)cn(-c5ccc6c(c5)CCC6)c4n3)cc2)C(F)(F)C1. The van der Waals surface area contributed by atoms with Crippen LogP contribution >= 0.6 is 0 Å². The van der Waals surface area contributed by atoms with Crippen molar-refractivity contribution in [3.05, 3.63) is 87.3 Å². The first-order chi connectivity index (χ1) is 18.7. The summed E-state index contributed by atoms with van der Waals surface area (Å²) in [4.78, 5) is 35.2. The van der Waals surface area contributed by atoms with Crippen LogP contribution in [0.5, 0.6) is 0 Å². The minimum Gasteiger partial charge on any atom is -0.477 e. The minimum atomic E-state index is -2.81. The van der Waals surface area contributed by atoms with Crippen molar-refractivity contribution in [2.75, 3.05) is 25.5 Å². The molecule has 0 bridgehead atoms. The topological polar surface area (TPSA) is 100 Å². The first-order valence-corrected chi connectivity index (χ1v) is 12.9. The Bertz CT molecular complexity index is 1650. The molecule has 8 nitrogen and oxygen atoms in total. The molecule has 4 aromatic rings. The van der Waals surface area contributed by atoms with E-state index in [1.54, 1.807) is 40.8 Å². The number of likely N-dealkylation sites (tertiary alicyclic amines) is 1. The van der Waals surface area contributed by atoms with Crippen LogP contribution in [0, 0.1) is 0 Å². The summed E-state index contributed by atoms with van der Waals surface area (Å²) in [5.41, 5.74) is 3.57. The molecule has 1 fully saturated rings. The first kappa shape index (κ1) is 25.1. The standard InChI is InChI=1S/C29H27F2N5O3/c1-35-12-11-24(29(30,31)16-35)18-5-8-20(9-6-18)33-28-32-14-22-25(37)23(27(38)39)15-36(26(22)34-28)21-10-7-17-3-2-4-19(17)13-21/h5-10,13-15,24H,2-4,11-12,16H2,1H3,(H,38,39)(H,32,33,34). The van der Waals surface area contributed by atoms with Crippen LogP contribution in [-0.4, -0.2) is 56.6 Å². The Hall–Kier alpha value is -4.18. The normalized spacial score (nSPS) is 18.7. The minimum absolute atomic E-state index is 0.0841. The summed E-state index contributed by atoms with van der Waals surface area (Å²) in [5.74, 6) is -4.78. The number of aromatic carboxylic acids is 1. The van der Waals surface area contributed by atoms with E-state index >= 15 is 0 Å². The molecule has 10 heteroatoms. The second-order valence-electron chi connectivity index (χ2n) is 10.4. The van der Waals surface area contributed by atoms with Crippen LogP contribution in [0.2, 0.25) is 0 Å². The number of halogens is 2. The van der Waals surface area contributed by atoms with Crippen molar-refractivity contribution in [1.29, 1.82) is 0 Å². The number of hydrogen-bond donors (Lipinski definition) is 2. The van der Waals surface area contributed by atoms with E-state index < -0.39 is 23.2 Å². The number of carbonyl (C=O) groups is 1. The number of pyridine rings is 1. The number of carboxylic acids is 1. The van der Waals surface area contributed by atoms with E-state index in [0.717, 1.165) is 19.3 Å². The maximum absolute atomic E-state index is 14.6. The number of benzene rings is 2. The first-order valence-electron chi connectivity index (χ1n) is 12.9. The molecule has 2 N–H and O–H groups in total. The van der Waals surface area contributed by atoms with Gasteiger partial charge in [-0.05, 0) is 80.2 Å². The number of fused-ring (bicyclic) bond motifs is 2. The molecule has 0 spiro atoms. The molecule has 2 aromatic carbocycles. The largest absolute Gasteiger partial charge is 0.477 e. The monoisotopic (exact) mass is 531 g/mol. The predicted octanol–water partition coefficient (Wildman–Crippen LogP) is 4.77. The lowest BCUT2D eigenvalue weighted by Crippen LogP contribution is -2.45. The van der Waals surface area contributed by atoms with Gasteiger partial charge in [-0.25, -0.2) is 18.6 Å². The molecule has 1 atom stereocenters. The maximum atomic E-state index is 14.6. The van der Waals surface area contributed by atoms with Gasteiger partial charge in [-0.3, -0.25) is 4.79 Å². The van der Waals surface area contributed by atoms with E-state index in [-0.39, 0.29) is 29.1 Å². The van der Waals surface area contributed by atoms with Crippen molar-refractivity contribution >= 4 is 28.6 Å². The highest BCUT2D eigenvalue weighted by atomic mass is 19.3. The van der Waals surface area contributed by atoms with E-state index in [0.29, 0.717) is 29.9 Å². The molecule has 0 saturated carbocycles. The summed E-state index contributed by atoms with van der Waals surface area (Å²) in [6, 6.07) is 12.7. The lowest BCUT2D eigenvalue weighted by Gasteiger charge is -2.36. The van der Waals surface area contributed by atoms with Crippen molar-refractivity contribution < 1.29 is 18.7 Å². The van der Waals surface area contributed by atoms with Gasteiger partial charge in [0.2, 0.25) is 11.4 Å². The number of hydrogen-bond acceptors (Lipinski definition) is 6. The van der Waals surface area contributed by atoms with Gasteiger partial charge in [0.1, 0.15) is 5.56 Å². The molecule has 0 amide bonds. The molecule has 39 heavy (non-hydrogen) atoms. The molecule has 2 aliphatic rings. The van der Waals surface area contributed by atoms with Gasteiger partial charge in [0.05, 0.1) is 17.8 Å². The Morgan fingerprint density at radius 2 is 1.90 bits per heavy atom. The third-order valence-corrected chi connectivity index (χ3v) is 7.69. The quantitative estimate of drug-likeness (QED) is 0.383. The Labute approximate surface area is 222 Å². The highest BCUT2D eigenvalue weighted by Gasteiger charge is 2.44. The van der Waals surface area contributed by atoms with Crippen LogP contribution in [0.15, 0.2) is 59.7 Å². The van der Waals surface area contributed by atoms with Crippen molar-refractivity contribution in [2.24, 2.45) is 0 Å². The molecule has 200 valence electrons. The third-order valence-electron chi connectivity index (χ3n) is 7.69. The Morgan fingerprint density at radius 1 is 1.13 bits per heavy atom. The van der Waals surface area contributed by atoms with Crippen LogP contribution in [0.4, 0.5) is 20.4 Å². The van der Waals surface area contributed by atoms with Crippen molar-refractivity contribution in [1.82, 2.24) is 19.4 Å². The Kier molecular flexibility index (Phi) is 6.14. The van der Waals surface area contributed by atoms with Crippen molar-refractivity contribution in [3.63, 3.8) is 0 Å². The zero-order valence-corrected chi connectivity index (χ0v) is 21.3. The van der Waals surface area contributed by atoms with E-state index in [9.17, 15) is 23.5 Å². The van der Waals surface area contributed by atoms with Crippen LogP contribution in [0.25, 0.3) is 16.7 Å². The Balaban J connectivity index is 1.35. The van der Waals surface area contributed by atoms with Gasteiger partial charge in [-0.15, -0.1) is 0 Å². The van der Waals surface area contributed by atoms with Crippen LogP contribution in [-0.2, 0) is 12.8 Å². The van der Waals surface area contributed by atoms with Gasteiger partial charge in [-0.2, -0.15) is 4.98 Å². The van der Waals surface area contributed by atoms with Crippen LogP contribution in [0.1, 0.15) is 45.8 Å². The molecule has 6 rings (SSSR count). The number of aromatic nitrogens is 3. The number of nitrogens with one attached hydrogen (secondary N) is 1. The number of aryl methyl sites for hydroxylation is 2. The van der Waals surface area contributed by atoms with Gasteiger partial charge in [0, 0.05) is 23.8 Å². The number of nitrogens with zero attached hydrogens (tertiary/aromatic N) is 4. The number of alkyl halides is 2. The van der Waals surface area contributed by atoms with E-state index in [4.69, 9.17) is 0 Å². The van der Waals surface area contributed by atoms with E-state index in [1.807, 2.05) is 18.2 Å². The number of rotatable bonds is 5. The molecular formula is C29H27F2N5O3. The van der Waals surface area contributed by atoms with Gasteiger partial charge < -0.3 is 19.9 Å². The smallest absolute Gasteiger partial charge is 0.341 e. The highest BCUT2D eigenvalue weighted by molar-refractivity contribution is 5.92. The molecule has 0 radical (unpaired) electrons. The highest BCUT2D eigenvalue weighted by Crippen LogP contribution is 2.40. The van der Waals surface area contributed by atoms with Gasteiger partial charge in [0.15, 0.2) is 5.65 Å². The lowest BCUT2D eigenvalue weighted by atomic mass is 9.86. The van der Waals surface area contributed by atoms with E-state index in [2.05, 4.69) is 15.3 Å². The maximum Gasteiger partial charge on any atom is 0.341 e. The fourth-order valence-electron chi connectivity index (χ4n) is 5.68. The summed E-state index contributed by atoms with van der Waals surface area (Å²) >= 11 is 0. The third kappa shape index (κ3) is 4.65. The zero-order chi connectivity index (χ0) is 27.3. The average Bonchev–Trinajstić information content (AvgIpc) is 3.37. The summed E-state index contributed by atoms with van der Waals surface area (Å²) in [7, 11) is 1.70. The fourth-order valence-corrected chi connectivity index (χ4v) is 5.68. The lowest BCUT2D eigenvalue weighted by molar-refractivity contribution is -0.0765. The second kappa shape index (κ2) is 9.53. The molecule has 3 heterocycles. The fraction of sp³-hybridized carbons (Fsp3) is 0.310. The molecular weight excluding hydrogens is 504 g/mol. The molecule has 1 saturated heterocycles. The molecule has 1 aliphatic carbocycles. The van der Waals surface area contributed by atoms with Gasteiger partial charge in [0.25, 0.3) is 5.92 Å². The van der Waals surface area contributed by atoms with Gasteiger partial charge in [-0.1, -0.05) is 18.2 Å². The van der Waals surface area contributed by atoms with E-state index in [1.165, 1.54) is 23.5 Å². The van der Waals surface area contributed by atoms with Crippen LogP contribution in [0.3, 0.4) is 0 Å². The van der Waals surface area contributed by atoms with Crippen molar-refractivity contribution in [3.8, 4) is 5.69 Å². The summed E-state index contributed by atoms with van der Waals surface area (Å²) in [5, 5.41) is 12.8. The Morgan fingerprint density at radius 3 is 2.64 bits per heavy atom. The molecule has 1 aliphatic heterocycles. The molecule has 2 aromatic heterocycles. The zero-order valence-electron chi connectivity index (χ0n) is 21.3. The predicted molar refractivity (Wildman–Crippen MR) is 144 cm³/mol. The summed E-state index contributed by atoms with van der Waals surface area (Å²) in [6.45, 7) is 0.346. The summed E-state index contributed by atoms with van der Waals surface area (Å²) in [6.07, 6.45) is 6.00. The molecule has 1 unspecified atom stereocenters. The number of piperidine rings is 1. The second-order valence-corrected chi connectivity index (χ2v) is 10.4. The average molecular weight is 532 g/mol. The van der Waals surface area contributed by atoms with Crippen LogP contribution < -0.4 is 10.7 Å². The van der Waals surface area contributed by atoms with Crippen molar-refractivity contribution in [2.45, 2.75) is 37.5 Å². The number of anilines is 2. The summed E-state index contributed by atoms with van der Waals surface area (Å²) < 4.78 is 30.8. The number of carboxylic acid groups (broad SMARTS) is 1.